The summed E-state index contributed by atoms with van der Waals surface area (Å²) >= 11 is 0. The Kier molecular flexibility index (Phi) is 5.32. The highest BCUT2D eigenvalue weighted by atomic mass is 16.3. The Balaban J connectivity index is 1.71. The van der Waals surface area contributed by atoms with Gasteiger partial charge in [-0.2, -0.15) is 0 Å². The highest BCUT2D eigenvalue weighted by Crippen LogP contribution is 2.35. The van der Waals surface area contributed by atoms with Gasteiger partial charge in [0.15, 0.2) is 5.82 Å². The highest BCUT2D eigenvalue weighted by Gasteiger charge is 2.34. The van der Waals surface area contributed by atoms with Crippen molar-refractivity contribution < 1.29 is 14.7 Å². The molecule has 0 bridgehead atoms. The molecule has 3 heterocycles. The molecule has 0 saturated carbocycles. The van der Waals surface area contributed by atoms with Crippen LogP contribution in [0.25, 0.3) is 0 Å². The van der Waals surface area contributed by atoms with Crippen molar-refractivity contribution in [2.45, 2.75) is 52.1 Å². The number of hydrogen-bond acceptors (Lipinski definition) is 5. The zero-order valence-corrected chi connectivity index (χ0v) is 16.9. The molecule has 1 N–H and O–H groups in total. The Morgan fingerprint density at radius 1 is 1.17 bits per heavy atom. The van der Waals surface area contributed by atoms with Crippen molar-refractivity contribution in [2.24, 2.45) is 0 Å². The SMILES string of the molecule is Cc1ccc(CN2C(=O)CCc3c(C)nc([C@H]4CCCN4C(=O)CO)nc32)cc1. The first-order chi connectivity index (χ1) is 14.0. The summed E-state index contributed by atoms with van der Waals surface area (Å²) in [6.07, 6.45) is 2.69. The molecule has 29 heavy (non-hydrogen) atoms. The fourth-order valence-electron chi connectivity index (χ4n) is 4.22. The fraction of sp³-hybridized carbons (Fsp3) is 0.455. The molecule has 2 amide bonds. The van der Waals surface area contributed by atoms with E-state index in [1.807, 2.05) is 38.1 Å². The number of rotatable bonds is 4. The van der Waals surface area contributed by atoms with Crippen molar-refractivity contribution in [3.8, 4) is 0 Å². The number of amides is 2. The van der Waals surface area contributed by atoms with Gasteiger partial charge in [0, 0.05) is 24.2 Å². The van der Waals surface area contributed by atoms with Gasteiger partial charge in [0.05, 0.1) is 12.6 Å². The molecule has 0 unspecified atom stereocenters. The van der Waals surface area contributed by atoms with Crippen LogP contribution in [0, 0.1) is 13.8 Å². The van der Waals surface area contributed by atoms with Crippen LogP contribution in [0.3, 0.4) is 0 Å². The zero-order valence-electron chi connectivity index (χ0n) is 16.9. The van der Waals surface area contributed by atoms with Crippen molar-refractivity contribution in [3.63, 3.8) is 0 Å². The molecule has 2 aliphatic rings. The van der Waals surface area contributed by atoms with Crippen LogP contribution >= 0.6 is 0 Å². The van der Waals surface area contributed by atoms with Crippen LogP contribution < -0.4 is 4.90 Å². The number of fused-ring (bicyclic) bond motifs is 1. The number of hydrogen-bond donors (Lipinski definition) is 1. The fourth-order valence-corrected chi connectivity index (χ4v) is 4.22. The van der Waals surface area contributed by atoms with E-state index in [1.54, 1.807) is 9.80 Å². The molecular formula is C22H26N4O3. The predicted octanol–water partition coefficient (Wildman–Crippen LogP) is 2.23. The molecule has 7 heteroatoms. The number of aliphatic hydroxyl groups is 1. The molecule has 1 aromatic heterocycles. The van der Waals surface area contributed by atoms with E-state index in [0.29, 0.717) is 37.6 Å². The summed E-state index contributed by atoms with van der Waals surface area (Å²) < 4.78 is 0. The highest BCUT2D eigenvalue weighted by molar-refractivity contribution is 5.95. The normalized spacial score (nSPS) is 18.9. The van der Waals surface area contributed by atoms with Crippen LogP contribution in [0.2, 0.25) is 0 Å². The number of aromatic nitrogens is 2. The minimum atomic E-state index is -0.515. The van der Waals surface area contributed by atoms with E-state index >= 15 is 0 Å². The molecule has 1 aromatic carbocycles. The van der Waals surface area contributed by atoms with E-state index in [9.17, 15) is 14.7 Å². The topological polar surface area (TPSA) is 86.6 Å². The van der Waals surface area contributed by atoms with Crippen LogP contribution in [0.1, 0.15) is 53.5 Å². The maximum Gasteiger partial charge on any atom is 0.248 e. The monoisotopic (exact) mass is 394 g/mol. The summed E-state index contributed by atoms with van der Waals surface area (Å²) in [5.74, 6) is 0.965. The third-order valence-electron chi connectivity index (χ3n) is 5.82. The van der Waals surface area contributed by atoms with Crippen LogP contribution in [0.4, 0.5) is 5.82 Å². The first-order valence-corrected chi connectivity index (χ1v) is 10.1. The summed E-state index contributed by atoms with van der Waals surface area (Å²) in [5, 5.41) is 9.28. The lowest BCUT2D eigenvalue weighted by molar-refractivity contribution is -0.135. The van der Waals surface area contributed by atoms with Crippen molar-refractivity contribution in [1.82, 2.24) is 14.9 Å². The summed E-state index contributed by atoms with van der Waals surface area (Å²) in [7, 11) is 0. The van der Waals surface area contributed by atoms with Gasteiger partial charge in [-0.3, -0.25) is 14.5 Å². The van der Waals surface area contributed by atoms with Gasteiger partial charge in [-0.05, 0) is 38.7 Å². The smallest absolute Gasteiger partial charge is 0.248 e. The largest absolute Gasteiger partial charge is 0.387 e. The third-order valence-corrected chi connectivity index (χ3v) is 5.82. The molecule has 0 aliphatic carbocycles. The number of carbonyl (C=O) groups is 2. The van der Waals surface area contributed by atoms with E-state index in [-0.39, 0.29) is 17.9 Å². The number of aryl methyl sites for hydroxylation is 2. The average Bonchev–Trinajstić information content (AvgIpc) is 3.21. The van der Waals surface area contributed by atoms with E-state index in [4.69, 9.17) is 4.98 Å². The molecule has 0 radical (unpaired) electrons. The molecule has 7 nitrogen and oxygen atoms in total. The van der Waals surface area contributed by atoms with Crippen LogP contribution in [0.5, 0.6) is 0 Å². The van der Waals surface area contributed by atoms with Gasteiger partial charge in [-0.1, -0.05) is 29.8 Å². The van der Waals surface area contributed by atoms with Gasteiger partial charge in [0.2, 0.25) is 11.8 Å². The third kappa shape index (κ3) is 3.74. The number of benzene rings is 1. The lowest BCUT2D eigenvalue weighted by Gasteiger charge is -2.31. The first kappa shape index (κ1) is 19.5. The van der Waals surface area contributed by atoms with Crippen molar-refractivity contribution >= 4 is 17.6 Å². The van der Waals surface area contributed by atoms with Crippen LogP contribution in [0.15, 0.2) is 24.3 Å². The van der Waals surface area contributed by atoms with E-state index in [0.717, 1.165) is 29.7 Å². The van der Waals surface area contributed by atoms with Crippen LogP contribution in [-0.4, -0.2) is 44.9 Å². The number of aliphatic hydroxyl groups excluding tert-OH is 1. The predicted molar refractivity (Wildman–Crippen MR) is 108 cm³/mol. The second-order valence-electron chi connectivity index (χ2n) is 7.84. The molecule has 2 aliphatic heterocycles. The molecule has 1 saturated heterocycles. The first-order valence-electron chi connectivity index (χ1n) is 10.1. The maximum atomic E-state index is 12.8. The molecule has 152 valence electrons. The zero-order chi connectivity index (χ0) is 20.5. The van der Waals surface area contributed by atoms with Gasteiger partial charge in [-0.25, -0.2) is 9.97 Å². The molecule has 2 aromatic rings. The quantitative estimate of drug-likeness (QED) is 0.859. The molecular weight excluding hydrogens is 368 g/mol. The van der Waals surface area contributed by atoms with Gasteiger partial charge in [0.1, 0.15) is 12.4 Å². The van der Waals surface area contributed by atoms with E-state index in [1.165, 1.54) is 5.56 Å². The van der Waals surface area contributed by atoms with Crippen molar-refractivity contribution in [3.05, 3.63) is 52.5 Å². The second kappa shape index (κ2) is 7.91. The van der Waals surface area contributed by atoms with Gasteiger partial charge in [-0.15, -0.1) is 0 Å². The minimum Gasteiger partial charge on any atom is -0.387 e. The summed E-state index contributed by atoms with van der Waals surface area (Å²) in [4.78, 5) is 37.7. The Hall–Kier alpha value is -2.80. The van der Waals surface area contributed by atoms with Gasteiger partial charge >= 0.3 is 0 Å². The van der Waals surface area contributed by atoms with E-state index in [2.05, 4.69) is 4.98 Å². The summed E-state index contributed by atoms with van der Waals surface area (Å²) in [6, 6.07) is 7.89. The lowest BCUT2D eigenvalue weighted by Crippen LogP contribution is -2.37. The summed E-state index contributed by atoms with van der Waals surface area (Å²) in [5.41, 5.74) is 4.08. The number of nitrogens with zero attached hydrogens (tertiary/aromatic N) is 4. The minimum absolute atomic E-state index is 0.0526. The number of likely N-dealkylation sites (tertiary alicyclic amines) is 1. The Bertz CT molecular complexity index is 942. The molecule has 0 spiro atoms. The van der Waals surface area contributed by atoms with Gasteiger partial charge < -0.3 is 10.0 Å². The molecule has 4 rings (SSSR count). The average molecular weight is 394 g/mol. The standard InChI is InChI=1S/C22H26N4O3/c1-14-5-7-16(8-6-14)12-26-19(28)10-9-17-15(2)23-21(24-22(17)26)18-4-3-11-25(18)20(29)13-27/h5-8,18,27H,3-4,9-13H2,1-2H3/t18-/m1/s1. The van der Waals surface area contributed by atoms with Crippen molar-refractivity contribution in [1.29, 1.82) is 0 Å². The Morgan fingerprint density at radius 2 is 1.93 bits per heavy atom. The Labute approximate surface area is 170 Å². The van der Waals surface area contributed by atoms with E-state index < -0.39 is 6.61 Å². The summed E-state index contributed by atoms with van der Waals surface area (Å²) in [6.45, 7) is 4.52. The second-order valence-corrected chi connectivity index (χ2v) is 7.84. The number of anilines is 1. The maximum absolute atomic E-state index is 12.8. The number of carbonyl (C=O) groups excluding carboxylic acids is 2. The van der Waals surface area contributed by atoms with Gasteiger partial charge in [0.25, 0.3) is 0 Å². The molecule has 1 atom stereocenters. The Morgan fingerprint density at radius 3 is 2.66 bits per heavy atom. The van der Waals surface area contributed by atoms with Crippen molar-refractivity contribution in [2.75, 3.05) is 18.1 Å². The molecule has 1 fully saturated rings. The lowest BCUT2D eigenvalue weighted by atomic mass is 10.0. The van der Waals surface area contributed by atoms with Crippen LogP contribution in [-0.2, 0) is 22.6 Å².